The molecular formula is C18H23Cl2N3O4. The molecule has 27 heavy (non-hydrogen) atoms. The van der Waals surface area contributed by atoms with Crippen LogP contribution in [0.3, 0.4) is 0 Å². The van der Waals surface area contributed by atoms with Crippen molar-refractivity contribution in [1.82, 2.24) is 15.8 Å². The van der Waals surface area contributed by atoms with Gasteiger partial charge < -0.3 is 9.64 Å². The first-order chi connectivity index (χ1) is 12.6. The van der Waals surface area contributed by atoms with Gasteiger partial charge in [-0.25, -0.2) is 4.79 Å². The maximum absolute atomic E-state index is 12.3. The standard InChI is InChI=1S/C18H23Cl2N3O4/c1-18(2,3)27-17(26)23-8-6-11(7-9-23)15(24)21-22-16(25)13-10-12(19)4-5-14(13)20/h4-5,10-11H,6-9H2,1-3H3,(H,21,24)(H,22,25). The lowest BCUT2D eigenvalue weighted by molar-refractivity contribution is -0.127. The molecule has 0 aromatic heterocycles. The number of benzene rings is 1. The highest BCUT2D eigenvalue weighted by Gasteiger charge is 2.30. The molecule has 2 rings (SSSR count). The van der Waals surface area contributed by atoms with Crippen molar-refractivity contribution in [2.45, 2.75) is 39.2 Å². The fourth-order valence-corrected chi connectivity index (χ4v) is 2.99. The van der Waals surface area contributed by atoms with Gasteiger partial charge in [0.15, 0.2) is 0 Å². The predicted octanol–water partition coefficient (Wildman–Crippen LogP) is 3.40. The van der Waals surface area contributed by atoms with E-state index in [0.717, 1.165) is 0 Å². The summed E-state index contributed by atoms with van der Waals surface area (Å²) in [5, 5.41) is 0.599. The van der Waals surface area contributed by atoms with Gasteiger partial charge in [0.05, 0.1) is 10.6 Å². The normalized spacial score (nSPS) is 15.2. The second-order valence-electron chi connectivity index (χ2n) is 7.31. The van der Waals surface area contributed by atoms with Gasteiger partial charge in [-0.15, -0.1) is 0 Å². The predicted molar refractivity (Wildman–Crippen MR) is 103 cm³/mol. The quantitative estimate of drug-likeness (QED) is 0.724. The number of piperidine rings is 1. The Morgan fingerprint density at radius 2 is 1.74 bits per heavy atom. The summed E-state index contributed by atoms with van der Waals surface area (Å²) in [6.07, 6.45) is 0.586. The number of hydrogen-bond acceptors (Lipinski definition) is 4. The fraction of sp³-hybridized carbons (Fsp3) is 0.500. The molecule has 2 N–H and O–H groups in total. The molecule has 0 spiro atoms. The number of carbonyl (C=O) groups is 3. The second-order valence-corrected chi connectivity index (χ2v) is 8.15. The summed E-state index contributed by atoms with van der Waals surface area (Å²) in [4.78, 5) is 38.0. The molecule has 1 aliphatic rings. The molecule has 0 unspecified atom stereocenters. The Morgan fingerprint density at radius 3 is 2.33 bits per heavy atom. The SMILES string of the molecule is CC(C)(C)OC(=O)N1CCC(C(=O)NNC(=O)c2cc(Cl)ccc2Cl)CC1. The van der Waals surface area contributed by atoms with Crippen LogP contribution >= 0.6 is 23.2 Å². The fourth-order valence-electron chi connectivity index (χ4n) is 2.61. The van der Waals surface area contributed by atoms with Gasteiger partial charge in [0.1, 0.15) is 5.60 Å². The Morgan fingerprint density at radius 1 is 1.11 bits per heavy atom. The zero-order chi connectivity index (χ0) is 20.2. The molecule has 1 aliphatic heterocycles. The molecular weight excluding hydrogens is 393 g/mol. The molecule has 1 heterocycles. The number of hydrazine groups is 1. The van der Waals surface area contributed by atoms with E-state index in [9.17, 15) is 14.4 Å². The summed E-state index contributed by atoms with van der Waals surface area (Å²) in [6, 6.07) is 4.50. The van der Waals surface area contributed by atoms with Crippen LogP contribution in [0.1, 0.15) is 44.0 Å². The highest BCUT2D eigenvalue weighted by Crippen LogP contribution is 2.21. The van der Waals surface area contributed by atoms with E-state index in [-0.39, 0.29) is 28.5 Å². The smallest absolute Gasteiger partial charge is 0.410 e. The maximum Gasteiger partial charge on any atom is 0.410 e. The van der Waals surface area contributed by atoms with Crippen LogP contribution < -0.4 is 10.9 Å². The van der Waals surface area contributed by atoms with Crippen molar-refractivity contribution in [3.8, 4) is 0 Å². The largest absolute Gasteiger partial charge is 0.444 e. The van der Waals surface area contributed by atoms with Crippen molar-refractivity contribution in [3.05, 3.63) is 33.8 Å². The van der Waals surface area contributed by atoms with E-state index in [1.54, 1.807) is 31.7 Å². The van der Waals surface area contributed by atoms with E-state index >= 15 is 0 Å². The number of ether oxygens (including phenoxy) is 1. The van der Waals surface area contributed by atoms with Gasteiger partial charge in [0.2, 0.25) is 5.91 Å². The average Bonchev–Trinajstić information content (AvgIpc) is 2.60. The Labute approximate surface area is 168 Å². The number of halogens is 2. The topological polar surface area (TPSA) is 87.7 Å². The van der Waals surface area contributed by atoms with Crippen LogP contribution in [0.25, 0.3) is 0 Å². The molecule has 148 valence electrons. The molecule has 0 atom stereocenters. The summed E-state index contributed by atoms with van der Waals surface area (Å²) in [7, 11) is 0. The molecule has 0 bridgehead atoms. The van der Waals surface area contributed by atoms with Crippen molar-refractivity contribution >= 4 is 41.1 Å². The van der Waals surface area contributed by atoms with E-state index in [1.807, 2.05) is 0 Å². The third-order valence-electron chi connectivity index (χ3n) is 3.99. The average molecular weight is 416 g/mol. The highest BCUT2D eigenvalue weighted by molar-refractivity contribution is 6.35. The van der Waals surface area contributed by atoms with Crippen LogP contribution in [-0.2, 0) is 9.53 Å². The zero-order valence-corrected chi connectivity index (χ0v) is 17.0. The van der Waals surface area contributed by atoms with Crippen LogP contribution in [0.2, 0.25) is 10.0 Å². The van der Waals surface area contributed by atoms with Gasteiger partial charge in [-0.2, -0.15) is 0 Å². The third kappa shape index (κ3) is 6.29. The minimum Gasteiger partial charge on any atom is -0.444 e. The monoisotopic (exact) mass is 415 g/mol. The number of hydrogen-bond donors (Lipinski definition) is 2. The lowest BCUT2D eigenvalue weighted by Gasteiger charge is -2.32. The molecule has 1 aromatic carbocycles. The van der Waals surface area contributed by atoms with Gasteiger partial charge in [-0.05, 0) is 51.8 Å². The molecule has 0 aliphatic carbocycles. The molecule has 3 amide bonds. The van der Waals surface area contributed by atoms with E-state index in [4.69, 9.17) is 27.9 Å². The minimum absolute atomic E-state index is 0.171. The van der Waals surface area contributed by atoms with Gasteiger partial charge in [0, 0.05) is 24.0 Å². The molecule has 1 fully saturated rings. The molecule has 9 heteroatoms. The first-order valence-corrected chi connectivity index (χ1v) is 9.35. The van der Waals surface area contributed by atoms with Crippen LogP contribution in [0.5, 0.6) is 0 Å². The van der Waals surface area contributed by atoms with Crippen molar-refractivity contribution in [2.24, 2.45) is 5.92 Å². The van der Waals surface area contributed by atoms with Crippen LogP contribution in [0, 0.1) is 5.92 Å². The molecule has 1 aromatic rings. The van der Waals surface area contributed by atoms with Gasteiger partial charge in [-0.3, -0.25) is 20.4 Å². The van der Waals surface area contributed by atoms with Gasteiger partial charge >= 0.3 is 6.09 Å². The second kappa shape index (κ2) is 8.80. The summed E-state index contributed by atoms with van der Waals surface area (Å²) in [5.41, 5.74) is 4.36. The first kappa shape index (κ1) is 21.3. The van der Waals surface area contributed by atoms with Crippen molar-refractivity contribution in [1.29, 1.82) is 0 Å². The Hall–Kier alpha value is -1.99. The molecule has 1 saturated heterocycles. The first-order valence-electron chi connectivity index (χ1n) is 8.60. The van der Waals surface area contributed by atoms with E-state index in [2.05, 4.69) is 10.9 Å². The number of amides is 3. The van der Waals surface area contributed by atoms with Gasteiger partial charge in [0.25, 0.3) is 5.91 Å². The highest BCUT2D eigenvalue weighted by atomic mass is 35.5. The summed E-state index contributed by atoms with van der Waals surface area (Å²) in [5.74, 6) is -1.17. The number of nitrogens with zero attached hydrogens (tertiary/aromatic N) is 1. The van der Waals surface area contributed by atoms with E-state index < -0.39 is 11.5 Å². The summed E-state index contributed by atoms with van der Waals surface area (Å²) >= 11 is 11.8. The van der Waals surface area contributed by atoms with Crippen LogP contribution in [-0.4, -0.2) is 41.5 Å². The Balaban J connectivity index is 1.82. The van der Waals surface area contributed by atoms with Crippen LogP contribution in [0.15, 0.2) is 18.2 Å². The maximum atomic E-state index is 12.3. The number of nitrogens with one attached hydrogen (secondary N) is 2. The van der Waals surface area contributed by atoms with Crippen molar-refractivity contribution < 1.29 is 19.1 Å². The lowest BCUT2D eigenvalue weighted by atomic mass is 9.96. The minimum atomic E-state index is -0.558. The molecule has 0 saturated carbocycles. The Kier molecular flexibility index (Phi) is 6.95. The number of carbonyl (C=O) groups excluding carboxylic acids is 3. The van der Waals surface area contributed by atoms with Crippen LogP contribution in [0.4, 0.5) is 4.79 Å². The zero-order valence-electron chi connectivity index (χ0n) is 15.5. The van der Waals surface area contributed by atoms with Crippen molar-refractivity contribution in [3.63, 3.8) is 0 Å². The van der Waals surface area contributed by atoms with Gasteiger partial charge in [-0.1, -0.05) is 23.2 Å². The molecule has 0 radical (unpaired) electrons. The Bertz CT molecular complexity index is 726. The summed E-state index contributed by atoms with van der Waals surface area (Å²) in [6.45, 7) is 6.25. The lowest BCUT2D eigenvalue weighted by Crippen LogP contribution is -2.48. The summed E-state index contributed by atoms with van der Waals surface area (Å²) < 4.78 is 5.33. The number of likely N-dealkylation sites (tertiary alicyclic amines) is 1. The van der Waals surface area contributed by atoms with E-state index in [0.29, 0.717) is 31.0 Å². The number of rotatable bonds is 2. The molecule has 7 nitrogen and oxygen atoms in total. The van der Waals surface area contributed by atoms with E-state index in [1.165, 1.54) is 12.1 Å². The van der Waals surface area contributed by atoms with Crippen molar-refractivity contribution in [2.75, 3.05) is 13.1 Å². The third-order valence-corrected chi connectivity index (χ3v) is 4.55.